The first-order valence-corrected chi connectivity index (χ1v) is 9.19. The molecule has 0 bridgehead atoms. The number of benzene rings is 1. The van der Waals surface area contributed by atoms with E-state index in [1.54, 1.807) is 30.0 Å². The number of pyridine rings is 1. The Bertz CT molecular complexity index is 1050. The van der Waals surface area contributed by atoms with Crippen LogP contribution < -0.4 is 5.73 Å². The van der Waals surface area contributed by atoms with E-state index in [1.165, 1.54) is 0 Å². The van der Waals surface area contributed by atoms with Gasteiger partial charge in [-0.05, 0) is 25.1 Å². The van der Waals surface area contributed by atoms with Gasteiger partial charge in [0, 0.05) is 23.7 Å². The molecule has 1 aliphatic rings. The van der Waals surface area contributed by atoms with Gasteiger partial charge in [0.1, 0.15) is 22.7 Å². The van der Waals surface area contributed by atoms with Crippen LogP contribution in [0.5, 0.6) is 0 Å². The van der Waals surface area contributed by atoms with Crippen molar-refractivity contribution in [2.45, 2.75) is 6.92 Å². The Morgan fingerprint density at radius 1 is 1.25 bits per heavy atom. The lowest BCUT2D eigenvalue weighted by atomic mass is 10.1. The molecular weight excluding hydrogens is 425 g/mol. The van der Waals surface area contributed by atoms with E-state index in [-0.39, 0.29) is 24.1 Å². The number of nitrogens with two attached hydrogens (primary N) is 1. The van der Waals surface area contributed by atoms with Gasteiger partial charge in [-0.1, -0.05) is 23.2 Å². The number of hydrogen-bond acceptors (Lipinski definition) is 5. The number of morpholine rings is 1. The minimum Gasteiger partial charge on any atom is -0.382 e. The first kappa shape index (κ1) is 20.7. The number of fused-ring (bicyclic) bond motifs is 1. The fraction of sp³-hybridized carbons (Fsp3) is 0.278. The number of aromatic amines is 1. The standard InChI is InChI=1S/C18H17Cl2N5O2.ClH/c1-9-13(18(26)25-4-6-27-7-5-25)14-15(16(21)22-9)24-17(23-14)11-3-2-10(19)8-12(11)20;/h2-3,8H,4-7H2,1H3,(H2,21,22)(H,23,24);1H. The predicted octanol–water partition coefficient (Wildman–Crippen LogP) is 3.72. The highest BCUT2D eigenvalue weighted by molar-refractivity contribution is 6.36. The third-order valence-electron chi connectivity index (χ3n) is 4.55. The number of amides is 1. The lowest BCUT2D eigenvalue weighted by Gasteiger charge is -2.27. The largest absolute Gasteiger partial charge is 0.382 e. The number of rotatable bonds is 2. The van der Waals surface area contributed by atoms with Crippen LogP contribution in [-0.2, 0) is 4.74 Å². The summed E-state index contributed by atoms with van der Waals surface area (Å²) in [4.78, 5) is 26.9. The van der Waals surface area contributed by atoms with Crippen LogP contribution in [-0.4, -0.2) is 52.1 Å². The molecule has 0 spiro atoms. The van der Waals surface area contributed by atoms with Gasteiger partial charge in [0.2, 0.25) is 0 Å². The maximum atomic E-state index is 13.1. The summed E-state index contributed by atoms with van der Waals surface area (Å²) in [5.74, 6) is 0.653. The van der Waals surface area contributed by atoms with Crippen molar-refractivity contribution in [2.24, 2.45) is 0 Å². The number of imidazole rings is 1. The SMILES string of the molecule is Cc1nc(N)c2[nH]c(-c3ccc(Cl)cc3Cl)nc2c1C(=O)N1CCOCC1.Cl. The second kappa shape index (κ2) is 8.13. The molecule has 4 rings (SSSR count). The van der Waals surface area contributed by atoms with E-state index in [1.807, 2.05) is 0 Å². The van der Waals surface area contributed by atoms with Crippen molar-refractivity contribution in [2.75, 3.05) is 32.0 Å². The number of hydrogen-bond donors (Lipinski definition) is 2. The van der Waals surface area contributed by atoms with Gasteiger partial charge in [0.25, 0.3) is 5.91 Å². The third-order valence-corrected chi connectivity index (χ3v) is 5.09. The fourth-order valence-corrected chi connectivity index (χ4v) is 3.69. The molecule has 0 atom stereocenters. The Labute approximate surface area is 177 Å². The molecule has 3 aromatic rings. The van der Waals surface area contributed by atoms with E-state index in [4.69, 9.17) is 33.7 Å². The molecule has 0 saturated carbocycles. The summed E-state index contributed by atoms with van der Waals surface area (Å²) in [5, 5.41) is 0.978. The number of carbonyl (C=O) groups is 1. The molecule has 7 nitrogen and oxygen atoms in total. The van der Waals surface area contributed by atoms with Crippen molar-refractivity contribution < 1.29 is 9.53 Å². The maximum Gasteiger partial charge on any atom is 0.258 e. The van der Waals surface area contributed by atoms with E-state index in [0.717, 1.165) is 0 Å². The molecule has 1 aliphatic heterocycles. The van der Waals surface area contributed by atoms with E-state index in [0.29, 0.717) is 70.0 Å². The van der Waals surface area contributed by atoms with E-state index in [9.17, 15) is 4.79 Å². The molecule has 0 unspecified atom stereocenters. The molecule has 0 radical (unpaired) electrons. The average Bonchev–Trinajstić information content (AvgIpc) is 3.07. The van der Waals surface area contributed by atoms with Gasteiger partial charge in [-0.2, -0.15) is 0 Å². The van der Waals surface area contributed by atoms with Crippen LogP contribution >= 0.6 is 35.6 Å². The van der Waals surface area contributed by atoms with Crippen LogP contribution in [0.25, 0.3) is 22.4 Å². The molecular formula is C18H18Cl3N5O2. The number of aryl methyl sites for hydroxylation is 1. The van der Waals surface area contributed by atoms with Crippen LogP contribution in [0.3, 0.4) is 0 Å². The summed E-state index contributed by atoms with van der Waals surface area (Å²) in [6.07, 6.45) is 0. The zero-order chi connectivity index (χ0) is 19.1. The summed E-state index contributed by atoms with van der Waals surface area (Å²) in [7, 11) is 0. The Kier molecular flexibility index (Phi) is 6.00. The monoisotopic (exact) mass is 441 g/mol. The molecule has 1 amide bonds. The highest BCUT2D eigenvalue weighted by atomic mass is 35.5. The lowest BCUT2D eigenvalue weighted by molar-refractivity contribution is 0.0303. The van der Waals surface area contributed by atoms with Crippen molar-refractivity contribution >= 4 is 58.4 Å². The van der Waals surface area contributed by atoms with Gasteiger partial charge >= 0.3 is 0 Å². The molecule has 10 heteroatoms. The topological polar surface area (TPSA) is 97.1 Å². The zero-order valence-corrected chi connectivity index (χ0v) is 17.3. The Hall–Kier alpha value is -2.06. The van der Waals surface area contributed by atoms with Gasteiger partial charge in [-0.15, -0.1) is 12.4 Å². The van der Waals surface area contributed by atoms with E-state index < -0.39 is 0 Å². The smallest absolute Gasteiger partial charge is 0.258 e. The number of nitrogen functional groups attached to an aromatic ring is 1. The van der Waals surface area contributed by atoms with Crippen molar-refractivity contribution in [3.63, 3.8) is 0 Å². The summed E-state index contributed by atoms with van der Waals surface area (Å²) in [5.41, 5.74) is 8.72. The Morgan fingerprint density at radius 2 is 1.96 bits per heavy atom. The van der Waals surface area contributed by atoms with Gasteiger partial charge in [0.05, 0.1) is 29.5 Å². The molecule has 28 heavy (non-hydrogen) atoms. The minimum absolute atomic E-state index is 0. The third kappa shape index (κ3) is 3.63. The number of ether oxygens (including phenoxy) is 1. The summed E-state index contributed by atoms with van der Waals surface area (Å²) < 4.78 is 5.33. The predicted molar refractivity (Wildman–Crippen MR) is 112 cm³/mol. The Morgan fingerprint density at radius 3 is 2.64 bits per heavy atom. The number of aromatic nitrogens is 3. The summed E-state index contributed by atoms with van der Waals surface area (Å²) in [6.45, 7) is 3.85. The van der Waals surface area contributed by atoms with Crippen molar-refractivity contribution in [3.05, 3.63) is 39.5 Å². The van der Waals surface area contributed by atoms with Crippen molar-refractivity contribution in [3.8, 4) is 11.4 Å². The van der Waals surface area contributed by atoms with Crippen molar-refractivity contribution in [1.29, 1.82) is 0 Å². The number of halogens is 3. The molecule has 0 aliphatic carbocycles. The van der Waals surface area contributed by atoms with Crippen LogP contribution in [0, 0.1) is 6.92 Å². The normalized spacial score (nSPS) is 14.2. The molecule has 148 valence electrons. The maximum absolute atomic E-state index is 13.1. The average molecular weight is 443 g/mol. The van der Waals surface area contributed by atoms with Crippen LogP contribution in [0.1, 0.15) is 16.1 Å². The molecule has 3 heterocycles. The highest BCUT2D eigenvalue weighted by Crippen LogP contribution is 2.32. The highest BCUT2D eigenvalue weighted by Gasteiger charge is 2.26. The van der Waals surface area contributed by atoms with Crippen LogP contribution in [0.15, 0.2) is 18.2 Å². The quantitative estimate of drug-likeness (QED) is 0.630. The van der Waals surface area contributed by atoms with E-state index >= 15 is 0 Å². The first-order valence-electron chi connectivity index (χ1n) is 8.44. The van der Waals surface area contributed by atoms with Crippen molar-refractivity contribution in [1.82, 2.24) is 19.9 Å². The summed E-state index contributed by atoms with van der Waals surface area (Å²) >= 11 is 12.3. The van der Waals surface area contributed by atoms with Gasteiger partial charge in [-0.3, -0.25) is 4.79 Å². The minimum atomic E-state index is -0.131. The molecule has 2 aromatic heterocycles. The number of carbonyl (C=O) groups excluding carboxylic acids is 1. The molecule has 1 aromatic carbocycles. The lowest BCUT2D eigenvalue weighted by Crippen LogP contribution is -2.41. The van der Waals surface area contributed by atoms with Gasteiger partial charge in [0.15, 0.2) is 0 Å². The number of nitrogens with one attached hydrogen (secondary N) is 1. The zero-order valence-electron chi connectivity index (χ0n) is 15.0. The van der Waals surface area contributed by atoms with Gasteiger partial charge < -0.3 is 20.4 Å². The summed E-state index contributed by atoms with van der Waals surface area (Å²) in [6, 6.07) is 5.13. The second-order valence-electron chi connectivity index (χ2n) is 6.30. The molecule has 1 saturated heterocycles. The fourth-order valence-electron chi connectivity index (χ4n) is 3.19. The first-order chi connectivity index (χ1) is 13.0. The number of H-pyrrole nitrogens is 1. The number of nitrogens with zero attached hydrogens (tertiary/aromatic N) is 3. The van der Waals surface area contributed by atoms with Gasteiger partial charge in [-0.25, -0.2) is 9.97 Å². The number of anilines is 1. The molecule has 3 N–H and O–H groups in total. The second-order valence-corrected chi connectivity index (χ2v) is 7.14. The van der Waals surface area contributed by atoms with Crippen LogP contribution in [0.4, 0.5) is 5.82 Å². The molecule has 1 fully saturated rings. The Balaban J connectivity index is 0.00000225. The van der Waals surface area contributed by atoms with E-state index in [2.05, 4.69) is 15.0 Å². The van der Waals surface area contributed by atoms with Crippen LogP contribution in [0.2, 0.25) is 10.0 Å².